The summed E-state index contributed by atoms with van der Waals surface area (Å²) in [5.41, 5.74) is 11.4. The average molecular weight is 355 g/mol. The molecule has 0 bridgehead atoms. The monoisotopic (exact) mass is 355 g/mol. The first kappa shape index (κ1) is 18.0. The van der Waals surface area contributed by atoms with Crippen LogP contribution in [-0.4, -0.2) is 28.4 Å². The molecule has 1 aliphatic rings. The molecule has 2 N–H and O–H groups in total. The molecule has 0 amide bonds. The van der Waals surface area contributed by atoms with E-state index in [-0.39, 0.29) is 0 Å². The van der Waals surface area contributed by atoms with Crippen molar-refractivity contribution in [1.82, 2.24) is 0 Å². The molecule has 0 unspecified atom stereocenters. The number of methoxy groups -OCH3 is 4. The molecule has 2 aromatic carbocycles. The van der Waals surface area contributed by atoms with Crippen molar-refractivity contribution in [3.63, 3.8) is 0 Å². The van der Waals surface area contributed by atoms with Crippen molar-refractivity contribution in [2.75, 3.05) is 34.2 Å². The van der Waals surface area contributed by atoms with Crippen molar-refractivity contribution in [2.24, 2.45) is 0 Å². The van der Waals surface area contributed by atoms with Gasteiger partial charge in [-0.15, -0.1) is 0 Å². The van der Waals surface area contributed by atoms with Crippen LogP contribution >= 0.6 is 0 Å². The normalized spacial score (nSPS) is 13.0. The van der Waals surface area contributed by atoms with Gasteiger partial charge in [-0.2, -0.15) is 0 Å². The van der Waals surface area contributed by atoms with Gasteiger partial charge in [0.2, 0.25) is 5.75 Å². The maximum Gasteiger partial charge on any atom is 0.203 e. The van der Waals surface area contributed by atoms with Gasteiger partial charge < -0.3 is 24.7 Å². The number of ether oxygens (including phenoxy) is 4. The van der Waals surface area contributed by atoms with Crippen LogP contribution in [0.15, 0.2) is 35.9 Å². The standard InChI is InChI=1S/C21H25NO4/c1-23-17-9-8-14(10-16(17)22)20(13-6-5-7-13)15-11-18(24-2)21(26-4)19(12-15)25-3/h8-12H,5-7,22H2,1-4H3. The molecule has 0 aromatic heterocycles. The molecule has 2 aromatic rings. The van der Waals surface area contributed by atoms with Crippen molar-refractivity contribution in [2.45, 2.75) is 19.3 Å². The van der Waals surface area contributed by atoms with Gasteiger partial charge in [-0.3, -0.25) is 0 Å². The number of benzene rings is 2. The predicted octanol–water partition coefficient (Wildman–Crippen LogP) is 4.29. The third-order valence-corrected chi connectivity index (χ3v) is 4.78. The molecular formula is C21H25NO4. The molecule has 26 heavy (non-hydrogen) atoms. The molecular weight excluding hydrogens is 330 g/mol. The maximum absolute atomic E-state index is 6.15. The first-order chi connectivity index (χ1) is 12.6. The molecule has 0 aliphatic heterocycles. The smallest absolute Gasteiger partial charge is 0.203 e. The molecule has 0 spiro atoms. The van der Waals surface area contributed by atoms with Crippen molar-refractivity contribution < 1.29 is 18.9 Å². The Kier molecular flexibility index (Phi) is 5.26. The summed E-state index contributed by atoms with van der Waals surface area (Å²) in [6.07, 6.45) is 3.37. The Morgan fingerprint density at radius 3 is 1.81 bits per heavy atom. The first-order valence-corrected chi connectivity index (χ1v) is 8.59. The molecule has 1 fully saturated rings. The summed E-state index contributed by atoms with van der Waals surface area (Å²) in [7, 11) is 6.48. The number of nitrogens with two attached hydrogens (primary N) is 1. The first-order valence-electron chi connectivity index (χ1n) is 8.59. The van der Waals surface area contributed by atoms with Crippen LogP contribution < -0.4 is 24.7 Å². The average Bonchev–Trinajstić information content (AvgIpc) is 2.63. The second-order valence-corrected chi connectivity index (χ2v) is 6.20. The summed E-state index contributed by atoms with van der Waals surface area (Å²) in [4.78, 5) is 0. The topological polar surface area (TPSA) is 62.9 Å². The molecule has 0 heterocycles. The molecule has 0 radical (unpaired) electrons. The van der Waals surface area contributed by atoms with Crippen molar-refractivity contribution in [3.8, 4) is 23.0 Å². The predicted molar refractivity (Wildman–Crippen MR) is 103 cm³/mol. The fraction of sp³-hybridized carbons (Fsp3) is 0.333. The second-order valence-electron chi connectivity index (χ2n) is 6.20. The third kappa shape index (κ3) is 3.17. The van der Waals surface area contributed by atoms with E-state index in [1.165, 1.54) is 17.6 Å². The summed E-state index contributed by atoms with van der Waals surface area (Å²) >= 11 is 0. The number of hydrogen-bond donors (Lipinski definition) is 1. The molecule has 0 atom stereocenters. The van der Waals surface area contributed by atoms with Gasteiger partial charge in [0.15, 0.2) is 11.5 Å². The zero-order valence-electron chi connectivity index (χ0n) is 15.7. The van der Waals surface area contributed by atoms with Gasteiger partial charge >= 0.3 is 0 Å². The number of allylic oxidation sites excluding steroid dienone is 1. The van der Waals surface area contributed by atoms with Crippen molar-refractivity contribution in [1.29, 1.82) is 0 Å². The number of rotatable bonds is 6. The van der Waals surface area contributed by atoms with Gasteiger partial charge in [0.05, 0.1) is 34.1 Å². The minimum atomic E-state index is 0.589. The van der Waals surface area contributed by atoms with Crippen LogP contribution in [0.5, 0.6) is 23.0 Å². The molecule has 5 heteroatoms. The highest BCUT2D eigenvalue weighted by atomic mass is 16.5. The second kappa shape index (κ2) is 7.60. The van der Waals surface area contributed by atoms with Crippen LogP contribution in [0.25, 0.3) is 5.57 Å². The summed E-state index contributed by atoms with van der Waals surface area (Å²) in [5.74, 6) is 2.55. The van der Waals surface area contributed by atoms with Crippen LogP contribution in [0, 0.1) is 0 Å². The van der Waals surface area contributed by atoms with E-state index in [0.29, 0.717) is 28.7 Å². The van der Waals surface area contributed by atoms with E-state index in [1.54, 1.807) is 28.4 Å². The Labute approximate surface area is 154 Å². The summed E-state index contributed by atoms with van der Waals surface area (Å²) in [6.45, 7) is 0. The van der Waals surface area contributed by atoms with E-state index in [1.807, 2.05) is 30.3 Å². The Balaban J connectivity index is 2.18. The Morgan fingerprint density at radius 2 is 1.38 bits per heavy atom. The van der Waals surface area contributed by atoms with Crippen LogP contribution in [0.1, 0.15) is 30.4 Å². The lowest BCUT2D eigenvalue weighted by Crippen LogP contribution is -2.05. The van der Waals surface area contributed by atoms with Crippen molar-refractivity contribution in [3.05, 3.63) is 47.0 Å². The molecule has 1 saturated carbocycles. The number of hydrogen-bond acceptors (Lipinski definition) is 5. The maximum atomic E-state index is 6.15. The van der Waals surface area contributed by atoms with Gasteiger partial charge in [0.1, 0.15) is 5.75 Å². The van der Waals surface area contributed by atoms with Gasteiger partial charge in [0.25, 0.3) is 0 Å². The molecule has 1 aliphatic carbocycles. The fourth-order valence-corrected chi connectivity index (χ4v) is 3.29. The van der Waals surface area contributed by atoms with Gasteiger partial charge in [0, 0.05) is 0 Å². The molecule has 5 nitrogen and oxygen atoms in total. The highest BCUT2D eigenvalue weighted by Crippen LogP contribution is 2.45. The van der Waals surface area contributed by atoms with Crippen LogP contribution in [0.3, 0.4) is 0 Å². The fourth-order valence-electron chi connectivity index (χ4n) is 3.29. The lowest BCUT2D eigenvalue weighted by molar-refractivity contribution is 0.324. The summed E-state index contributed by atoms with van der Waals surface area (Å²) in [6, 6.07) is 9.88. The van der Waals surface area contributed by atoms with E-state index in [2.05, 4.69) is 0 Å². The Morgan fingerprint density at radius 1 is 0.769 bits per heavy atom. The van der Waals surface area contributed by atoms with E-state index in [4.69, 9.17) is 24.7 Å². The Hall–Kier alpha value is -2.82. The molecule has 3 rings (SSSR count). The van der Waals surface area contributed by atoms with Crippen LogP contribution in [0.2, 0.25) is 0 Å². The molecule has 138 valence electrons. The number of anilines is 1. The minimum Gasteiger partial charge on any atom is -0.495 e. The van der Waals surface area contributed by atoms with Crippen LogP contribution in [-0.2, 0) is 0 Å². The van der Waals surface area contributed by atoms with E-state index >= 15 is 0 Å². The summed E-state index contributed by atoms with van der Waals surface area (Å²) in [5, 5.41) is 0. The lowest BCUT2D eigenvalue weighted by Gasteiger charge is -2.24. The lowest BCUT2D eigenvalue weighted by atomic mass is 9.82. The van der Waals surface area contributed by atoms with Gasteiger partial charge in [-0.25, -0.2) is 0 Å². The van der Waals surface area contributed by atoms with Gasteiger partial charge in [-0.05, 0) is 60.2 Å². The zero-order valence-corrected chi connectivity index (χ0v) is 15.7. The zero-order chi connectivity index (χ0) is 18.7. The third-order valence-electron chi connectivity index (χ3n) is 4.78. The SMILES string of the molecule is COc1ccc(C(=C2CCC2)c2cc(OC)c(OC)c(OC)c2)cc1N. The minimum absolute atomic E-state index is 0.589. The van der Waals surface area contributed by atoms with E-state index in [0.717, 1.165) is 24.0 Å². The van der Waals surface area contributed by atoms with E-state index < -0.39 is 0 Å². The van der Waals surface area contributed by atoms with Crippen molar-refractivity contribution >= 4 is 11.3 Å². The highest BCUT2D eigenvalue weighted by molar-refractivity contribution is 5.86. The molecule has 0 saturated heterocycles. The van der Waals surface area contributed by atoms with Gasteiger partial charge in [-0.1, -0.05) is 11.6 Å². The Bertz CT molecular complexity index is 811. The largest absolute Gasteiger partial charge is 0.495 e. The van der Waals surface area contributed by atoms with Crippen LogP contribution in [0.4, 0.5) is 5.69 Å². The quantitative estimate of drug-likeness (QED) is 0.783. The van der Waals surface area contributed by atoms with E-state index in [9.17, 15) is 0 Å². The highest BCUT2D eigenvalue weighted by Gasteiger charge is 2.22. The summed E-state index contributed by atoms with van der Waals surface area (Å²) < 4.78 is 21.8. The number of nitrogen functional groups attached to an aromatic ring is 1.